The number of hydrogen-bond acceptors (Lipinski definition) is 17. The molecule has 0 radical (unpaired) electrons. The van der Waals surface area contributed by atoms with Gasteiger partial charge in [0.2, 0.25) is 29.6 Å². The molecular formula is C59H80N18O9. The number of fused-ring (bicyclic) bond motifs is 3. The summed E-state index contributed by atoms with van der Waals surface area (Å²) < 4.78 is 27.4. The van der Waals surface area contributed by atoms with Crippen LogP contribution in [0.15, 0.2) is 48.6 Å². The summed E-state index contributed by atoms with van der Waals surface area (Å²) in [4.78, 5) is 85.4. The Hall–Kier alpha value is -8.53. The third-order valence-electron chi connectivity index (χ3n) is 15.9. The first-order chi connectivity index (χ1) is 41.1. The molecular weight excluding hydrogens is 1100 g/mol. The molecule has 0 bridgehead atoms. The highest BCUT2D eigenvalue weighted by atomic mass is 16.6. The summed E-state index contributed by atoms with van der Waals surface area (Å²) >= 11 is 0. The summed E-state index contributed by atoms with van der Waals surface area (Å²) in [6.45, 7) is 21.2. The Morgan fingerprint density at radius 2 is 1.27 bits per heavy atom. The van der Waals surface area contributed by atoms with E-state index in [1.807, 2.05) is 65.5 Å². The van der Waals surface area contributed by atoms with E-state index in [0.717, 1.165) is 44.1 Å². The second-order valence-corrected chi connectivity index (χ2v) is 23.1. The molecule has 9 rings (SSSR count). The topological polar surface area (TPSA) is 333 Å². The van der Waals surface area contributed by atoms with Crippen molar-refractivity contribution < 1.29 is 43.0 Å². The standard InChI is InChI=1S/C59H80N18O9/c1-10-76-43(29-36(3)69-76)54(81)65-56-63-41-31-39(51(60)79)33-45(83-9)49(41)74(56)21-12-13-22-75-50-42(64-57(75)66-55(82)44-30-37(4)70-77(44)11-2)32-40(52(61)80)34-46(50)84-27-14-20-71-23-16-38(17-24-71)53-68-67-47-35-72(25-26-73(47)53)48(78)15-18-58(5,6)85-28-19-59(7,8)86-62/h12-13,29-34,38H,10-11,14-28,35,62H2,1-9H3,(H2,60,79)(H2,61,80)(H,63,65,81)(H,64,66,82)/b13-12+. The van der Waals surface area contributed by atoms with Gasteiger partial charge in [0.15, 0.2) is 5.82 Å². The zero-order chi connectivity index (χ0) is 61.6. The van der Waals surface area contributed by atoms with E-state index in [2.05, 4.69) is 40.5 Å². The number of nitrogens with one attached hydrogen (secondary N) is 2. The molecule has 0 aliphatic carbocycles. The summed E-state index contributed by atoms with van der Waals surface area (Å²) in [6.07, 6.45) is 7.74. The Morgan fingerprint density at radius 1 is 0.709 bits per heavy atom. The van der Waals surface area contributed by atoms with Crippen molar-refractivity contribution in [2.24, 2.45) is 17.4 Å². The van der Waals surface area contributed by atoms with E-state index in [1.165, 1.54) is 19.2 Å². The van der Waals surface area contributed by atoms with Gasteiger partial charge in [0.25, 0.3) is 11.8 Å². The van der Waals surface area contributed by atoms with Crippen LogP contribution in [0.5, 0.6) is 11.5 Å². The molecule has 0 unspecified atom stereocenters. The van der Waals surface area contributed by atoms with Crippen LogP contribution in [0.1, 0.15) is 151 Å². The Kier molecular flexibility index (Phi) is 19.0. The summed E-state index contributed by atoms with van der Waals surface area (Å²) in [6, 6.07) is 9.61. The quantitative estimate of drug-likeness (QED) is 0.0237. The molecule has 0 atom stereocenters. The lowest BCUT2D eigenvalue weighted by Crippen LogP contribution is -2.40. The van der Waals surface area contributed by atoms with E-state index < -0.39 is 34.8 Å². The zero-order valence-electron chi connectivity index (χ0n) is 50.6. The molecule has 7 heterocycles. The SMILES string of the molecule is CCn1nc(C)cc1C(=O)Nc1nc2cc(C(N)=O)cc(OC)c2n1C/C=C/Cn1c(NC(=O)c2cc(C)nn2CC)nc2cc(C(N)=O)cc(OCCCN3CCC(c4nnc5n4CCN(C(=O)CCC(C)(C)OCCC(C)(C)ON)C5)CC3)c21. The minimum Gasteiger partial charge on any atom is -0.494 e. The van der Waals surface area contributed by atoms with Crippen molar-refractivity contribution in [3.05, 3.63) is 94.1 Å². The monoisotopic (exact) mass is 1180 g/mol. The largest absolute Gasteiger partial charge is 0.494 e. The highest BCUT2D eigenvalue weighted by molar-refractivity contribution is 6.05. The highest BCUT2D eigenvalue weighted by Crippen LogP contribution is 2.35. The highest BCUT2D eigenvalue weighted by Gasteiger charge is 2.32. The maximum Gasteiger partial charge on any atom is 0.276 e. The molecule has 7 aromatic rings. The average molecular weight is 1190 g/mol. The van der Waals surface area contributed by atoms with Gasteiger partial charge in [-0.3, -0.25) is 48.8 Å². The fourth-order valence-electron chi connectivity index (χ4n) is 11.0. The number of primary amides is 2. The van der Waals surface area contributed by atoms with Crippen molar-refractivity contribution in [3.63, 3.8) is 0 Å². The smallest absolute Gasteiger partial charge is 0.276 e. The summed E-state index contributed by atoms with van der Waals surface area (Å²) in [7, 11) is 1.47. The van der Waals surface area contributed by atoms with Crippen molar-refractivity contribution in [1.29, 1.82) is 0 Å². The van der Waals surface area contributed by atoms with Gasteiger partial charge in [-0.15, -0.1) is 10.2 Å². The molecule has 1 saturated heterocycles. The van der Waals surface area contributed by atoms with Gasteiger partial charge < -0.3 is 49.2 Å². The van der Waals surface area contributed by atoms with Crippen molar-refractivity contribution >= 4 is 63.5 Å². The molecule has 5 amide bonds. The van der Waals surface area contributed by atoms with Gasteiger partial charge in [0.05, 0.1) is 60.5 Å². The predicted octanol–water partition coefficient (Wildman–Crippen LogP) is 5.62. The number of amides is 5. The number of piperidine rings is 1. The van der Waals surface area contributed by atoms with E-state index in [4.69, 9.17) is 46.4 Å². The number of imidazole rings is 2. The van der Waals surface area contributed by atoms with Gasteiger partial charge in [-0.1, -0.05) is 12.2 Å². The molecule has 5 aromatic heterocycles. The van der Waals surface area contributed by atoms with Crippen LogP contribution >= 0.6 is 0 Å². The number of nitrogens with two attached hydrogens (primary N) is 3. The fraction of sp³-hybridized carbons (Fsp3) is 0.508. The lowest BCUT2D eigenvalue weighted by Gasteiger charge is -2.33. The van der Waals surface area contributed by atoms with Crippen molar-refractivity contribution in [2.75, 3.05) is 57.1 Å². The van der Waals surface area contributed by atoms with Gasteiger partial charge >= 0.3 is 0 Å². The van der Waals surface area contributed by atoms with Gasteiger partial charge in [-0.2, -0.15) is 10.2 Å². The Balaban J connectivity index is 0.888. The van der Waals surface area contributed by atoms with Crippen LogP contribution in [0.2, 0.25) is 0 Å². The summed E-state index contributed by atoms with van der Waals surface area (Å²) in [5, 5.41) is 24.1. The number of aromatic nitrogens is 11. The predicted molar refractivity (Wildman–Crippen MR) is 321 cm³/mol. The molecule has 2 aliphatic heterocycles. The number of anilines is 2. The first-order valence-corrected chi connectivity index (χ1v) is 29.2. The lowest BCUT2D eigenvalue weighted by molar-refractivity contribution is -0.135. The zero-order valence-corrected chi connectivity index (χ0v) is 50.6. The molecule has 27 nitrogen and oxygen atoms in total. The minimum absolute atomic E-state index is 0.0686. The Bertz CT molecular complexity index is 3670. The van der Waals surface area contributed by atoms with Crippen LogP contribution in [-0.2, 0) is 53.6 Å². The molecule has 86 heavy (non-hydrogen) atoms. The number of carbonyl (C=O) groups is 5. The molecule has 8 N–H and O–H groups in total. The third kappa shape index (κ3) is 14.1. The number of nitrogens with zero attached hydrogens (tertiary/aromatic N) is 13. The number of methoxy groups -OCH3 is 1. The molecule has 0 spiro atoms. The molecule has 27 heteroatoms. The van der Waals surface area contributed by atoms with Gasteiger partial charge in [0.1, 0.15) is 39.7 Å². The molecule has 2 aromatic carbocycles. The van der Waals surface area contributed by atoms with Gasteiger partial charge in [0, 0.05) is 75.7 Å². The number of aryl methyl sites for hydroxylation is 4. The minimum atomic E-state index is -0.679. The number of allylic oxidation sites excluding steroid dienone is 2. The van der Waals surface area contributed by atoms with E-state index >= 15 is 0 Å². The van der Waals surface area contributed by atoms with Gasteiger partial charge in [-0.25, -0.2) is 15.9 Å². The molecule has 2 aliphatic rings. The summed E-state index contributed by atoms with van der Waals surface area (Å²) in [5.74, 6) is 6.21. The summed E-state index contributed by atoms with van der Waals surface area (Å²) in [5.41, 5.74) is 14.7. The van der Waals surface area contributed by atoms with Crippen LogP contribution in [0.25, 0.3) is 22.1 Å². The number of benzene rings is 2. The maximum absolute atomic E-state index is 14.1. The second-order valence-electron chi connectivity index (χ2n) is 23.1. The van der Waals surface area contributed by atoms with E-state index in [1.54, 1.807) is 49.7 Å². The fourth-order valence-corrected chi connectivity index (χ4v) is 11.0. The number of hydrogen-bond donors (Lipinski definition) is 5. The third-order valence-corrected chi connectivity index (χ3v) is 15.9. The normalized spacial score (nSPS) is 14.4. The number of carbonyl (C=O) groups excluding carboxylic acids is 5. The van der Waals surface area contributed by atoms with E-state index in [-0.39, 0.29) is 54.5 Å². The van der Waals surface area contributed by atoms with E-state index in [0.29, 0.717) is 121 Å². The van der Waals surface area contributed by atoms with Gasteiger partial charge in [-0.05, 0) is 131 Å². The number of likely N-dealkylation sites (tertiary alicyclic amines) is 1. The Labute approximate surface area is 498 Å². The maximum atomic E-state index is 14.1. The van der Waals surface area contributed by atoms with Crippen LogP contribution in [-0.4, -0.2) is 150 Å². The van der Waals surface area contributed by atoms with Crippen LogP contribution < -0.4 is 37.5 Å². The molecule has 460 valence electrons. The number of rotatable bonds is 27. The Morgan fingerprint density at radius 3 is 1.80 bits per heavy atom. The molecule has 1 fully saturated rings. The number of ether oxygens (including phenoxy) is 3. The van der Waals surface area contributed by atoms with Crippen LogP contribution in [0.4, 0.5) is 11.9 Å². The van der Waals surface area contributed by atoms with Crippen LogP contribution in [0, 0.1) is 13.8 Å². The first-order valence-electron chi connectivity index (χ1n) is 29.2. The van der Waals surface area contributed by atoms with Crippen LogP contribution in [0.3, 0.4) is 0 Å². The van der Waals surface area contributed by atoms with Crippen molar-refractivity contribution in [1.82, 2.24) is 63.2 Å². The second kappa shape index (κ2) is 26.4. The average Bonchev–Trinajstić information content (AvgIpc) is 3.48. The van der Waals surface area contributed by atoms with E-state index in [9.17, 15) is 24.0 Å². The van der Waals surface area contributed by atoms with Crippen molar-refractivity contribution in [3.8, 4) is 11.5 Å². The lowest BCUT2D eigenvalue weighted by atomic mass is 9.95. The van der Waals surface area contributed by atoms with Crippen molar-refractivity contribution in [2.45, 2.75) is 150 Å². The first kappa shape index (κ1) is 62.0. The molecule has 0 saturated carbocycles.